The zero-order valence-electron chi connectivity index (χ0n) is 31.5. The monoisotopic (exact) mass is 738 g/mol. The molecule has 54 heavy (non-hydrogen) atoms. The number of hydrogen-bond donors (Lipinski definition) is 0. The van der Waals surface area contributed by atoms with E-state index in [-0.39, 0.29) is 35.5 Å². The predicted octanol–water partition coefficient (Wildman–Crippen LogP) is 6.75. The summed E-state index contributed by atoms with van der Waals surface area (Å²) in [7, 11) is 0. The van der Waals surface area contributed by atoms with Crippen LogP contribution in [0.15, 0.2) is 60.7 Å². The molecule has 4 fully saturated rings. The number of esters is 2. The summed E-state index contributed by atoms with van der Waals surface area (Å²) < 4.78 is 22.0. The fourth-order valence-corrected chi connectivity index (χ4v) is 7.76. The first-order valence-electron chi connectivity index (χ1n) is 18.5. The highest BCUT2D eigenvalue weighted by atomic mass is 16.6. The molecular weight excluding hydrogens is 692 g/mol. The molecule has 0 spiro atoms. The summed E-state index contributed by atoms with van der Waals surface area (Å²) in [5, 5.41) is 1.46. The second kappa shape index (κ2) is 13.9. The molecule has 2 aliphatic carbocycles. The number of benzene rings is 3. The van der Waals surface area contributed by atoms with Crippen LogP contribution in [0.1, 0.15) is 87.9 Å². The van der Waals surface area contributed by atoms with Crippen LogP contribution in [-0.2, 0) is 28.5 Å². The van der Waals surface area contributed by atoms with Gasteiger partial charge in [-0.25, -0.2) is 19.2 Å². The number of fused-ring (bicyclic) bond motifs is 3. The molecule has 2 saturated carbocycles. The SMILES string of the molecule is CC(C)(C)OC(=O)N1C(C(=O)OCC(=O)c2cccc3c(-c4ccc(C(=O)COC(=O)[C@@H]5C[C@H]6C[C@H]6N5C(=O)OC(C)(C)C)cc4)cccc23)CC2CC21. The van der Waals surface area contributed by atoms with E-state index in [1.54, 1.807) is 77.9 Å². The van der Waals surface area contributed by atoms with Crippen molar-refractivity contribution in [3.05, 3.63) is 71.8 Å². The first-order chi connectivity index (χ1) is 25.5. The number of amides is 2. The molecule has 3 unspecified atom stereocenters. The van der Waals surface area contributed by atoms with Crippen molar-refractivity contribution in [2.75, 3.05) is 13.2 Å². The van der Waals surface area contributed by atoms with Gasteiger partial charge in [-0.1, -0.05) is 60.7 Å². The van der Waals surface area contributed by atoms with Crippen LogP contribution in [0.2, 0.25) is 0 Å². The fourth-order valence-electron chi connectivity index (χ4n) is 7.76. The molecule has 3 aromatic carbocycles. The van der Waals surface area contributed by atoms with Crippen molar-refractivity contribution in [3.63, 3.8) is 0 Å². The third kappa shape index (κ3) is 7.69. The van der Waals surface area contributed by atoms with E-state index in [1.165, 1.54) is 9.80 Å². The van der Waals surface area contributed by atoms with Crippen molar-refractivity contribution >= 4 is 46.5 Å². The number of piperidine rings is 2. The minimum atomic E-state index is -0.787. The van der Waals surface area contributed by atoms with Crippen LogP contribution in [-0.4, -0.2) is 94.1 Å². The molecule has 0 bridgehead atoms. The number of carbonyl (C=O) groups excluding carboxylic acids is 6. The molecule has 284 valence electrons. The molecule has 12 nitrogen and oxygen atoms in total. The van der Waals surface area contributed by atoms with Crippen molar-refractivity contribution in [1.82, 2.24) is 9.80 Å². The Morgan fingerprint density at radius 1 is 0.593 bits per heavy atom. The molecule has 2 heterocycles. The summed E-state index contributed by atoms with van der Waals surface area (Å²) in [4.78, 5) is 81.3. The van der Waals surface area contributed by atoms with Crippen LogP contribution in [0.3, 0.4) is 0 Å². The Kier molecular flexibility index (Phi) is 9.52. The Hall–Kier alpha value is -5.26. The van der Waals surface area contributed by atoms with Gasteiger partial charge in [-0.15, -0.1) is 0 Å². The number of likely N-dealkylation sites (tertiary alicyclic amines) is 2. The number of ether oxygens (including phenoxy) is 4. The first-order valence-corrected chi connectivity index (χ1v) is 18.5. The molecule has 12 heteroatoms. The molecule has 3 aromatic rings. The third-order valence-electron chi connectivity index (χ3n) is 10.4. The molecule has 4 aliphatic rings. The standard InChI is InChI=1S/C42H46N2O10/c1-41(2,3)53-39(49)43-31-17-25(31)19-33(43)37(47)51-21-35(45)24-15-13-23(14-16-24)27-9-7-11-29-28(27)10-8-12-30(29)36(46)22-52-38(48)34-20-26-18-32(26)44(34)40(50)54-42(4,5)6/h7-16,25-26,31-34H,17-22H2,1-6H3/t25-,26?,31-,32?,33+,34?/m1/s1. The maximum atomic E-state index is 13.5. The zero-order valence-corrected chi connectivity index (χ0v) is 31.5. The molecule has 0 radical (unpaired) electrons. The van der Waals surface area contributed by atoms with Gasteiger partial charge in [-0.05, 0) is 101 Å². The quantitative estimate of drug-likeness (QED) is 0.131. The number of Topliss-reactive ketones (excluding diaryl/α,β-unsaturated/α-hetero) is 2. The van der Waals surface area contributed by atoms with E-state index in [2.05, 4.69) is 0 Å². The minimum absolute atomic E-state index is 0.0350. The van der Waals surface area contributed by atoms with Crippen molar-refractivity contribution < 1.29 is 47.7 Å². The number of carbonyl (C=O) groups is 6. The van der Waals surface area contributed by atoms with Gasteiger partial charge in [0.15, 0.2) is 19.0 Å². The van der Waals surface area contributed by atoms with E-state index in [1.807, 2.05) is 24.3 Å². The highest BCUT2D eigenvalue weighted by Crippen LogP contribution is 2.49. The van der Waals surface area contributed by atoms with Gasteiger partial charge in [0.2, 0.25) is 5.78 Å². The largest absolute Gasteiger partial charge is 0.456 e. The summed E-state index contributed by atoms with van der Waals surface area (Å²) in [6.07, 6.45) is 1.54. The third-order valence-corrected chi connectivity index (χ3v) is 10.4. The summed E-state index contributed by atoms with van der Waals surface area (Å²) in [5.74, 6) is -1.53. The van der Waals surface area contributed by atoms with Crippen molar-refractivity contribution in [2.24, 2.45) is 11.8 Å². The van der Waals surface area contributed by atoms with E-state index in [0.717, 1.165) is 29.4 Å². The van der Waals surface area contributed by atoms with Crippen molar-refractivity contribution in [1.29, 1.82) is 0 Å². The average Bonchev–Trinajstić information content (AvgIpc) is 3.99. The average molecular weight is 739 g/mol. The van der Waals surface area contributed by atoms with E-state index < -0.39 is 60.6 Å². The number of hydrogen-bond acceptors (Lipinski definition) is 10. The molecule has 2 aliphatic heterocycles. The summed E-state index contributed by atoms with van der Waals surface area (Å²) >= 11 is 0. The number of rotatable bonds is 9. The molecule has 2 amide bonds. The Balaban J connectivity index is 0.976. The van der Waals surface area contributed by atoms with Gasteiger partial charge in [0.05, 0.1) is 0 Å². The zero-order chi connectivity index (χ0) is 38.7. The van der Waals surface area contributed by atoms with Gasteiger partial charge in [-0.2, -0.15) is 0 Å². The van der Waals surface area contributed by atoms with Crippen LogP contribution in [0.5, 0.6) is 0 Å². The van der Waals surface area contributed by atoms with Crippen LogP contribution in [0.4, 0.5) is 9.59 Å². The molecule has 6 atom stereocenters. The van der Waals surface area contributed by atoms with Gasteiger partial charge in [0, 0.05) is 23.2 Å². The summed E-state index contributed by atoms with van der Waals surface area (Å²) in [6, 6.07) is 16.2. The Morgan fingerprint density at radius 2 is 1.07 bits per heavy atom. The lowest BCUT2D eigenvalue weighted by Gasteiger charge is -2.29. The van der Waals surface area contributed by atoms with Gasteiger partial charge in [0.25, 0.3) is 0 Å². The lowest BCUT2D eigenvalue weighted by atomic mass is 9.94. The van der Waals surface area contributed by atoms with E-state index in [9.17, 15) is 28.8 Å². The van der Waals surface area contributed by atoms with Crippen LogP contribution >= 0.6 is 0 Å². The van der Waals surface area contributed by atoms with Crippen molar-refractivity contribution in [2.45, 2.75) is 103 Å². The lowest BCUT2D eigenvalue weighted by molar-refractivity contribution is -0.148. The number of ketones is 2. The molecule has 0 N–H and O–H groups in total. The second-order valence-electron chi connectivity index (χ2n) is 16.7. The van der Waals surface area contributed by atoms with Gasteiger partial charge in [-0.3, -0.25) is 19.4 Å². The van der Waals surface area contributed by atoms with Gasteiger partial charge < -0.3 is 18.9 Å². The Bertz CT molecular complexity index is 2030. The van der Waals surface area contributed by atoms with Crippen LogP contribution in [0.25, 0.3) is 21.9 Å². The maximum Gasteiger partial charge on any atom is 0.411 e. The topological polar surface area (TPSA) is 146 Å². The number of nitrogens with zero attached hydrogens (tertiary/aromatic N) is 2. The van der Waals surface area contributed by atoms with Gasteiger partial charge >= 0.3 is 24.1 Å². The van der Waals surface area contributed by atoms with E-state index in [0.29, 0.717) is 29.4 Å². The fraction of sp³-hybridized carbons (Fsp3) is 0.476. The predicted molar refractivity (Wildman–Crippen MR) is 197 cm³/mol. The first kappa shape index (κ1) is 37.1. The maximum absolute atomic E-state index is 13.5. The Labute approximate surface area is 314 Å². The Morgan fingerprint density at radius 3 is 1.59 bits per heavy atom. The normalized spacial score (nSPS) is 24.0. The van der Waals surface area contributed by atoms with E-state index >= 15 is 0 Å². The van der Waals surface area contributed by atoms with Crippen LogP contribution < -0.4 is 0 Å². The molecule has 2 saturated heterocycles. The molecule has 7 rings (SSSR count). The summed E-state index contributed by atoms with van der Waals surface area (Å²) in [6.45, 7) is 9.69. The smallest absolute Gasteiger partial charge is 0.411 e. The highest BCUT2D eigenvalue weighted by molar-refractivity contribution is 6.12. The van der Waals surface area contributed by atoms with Crippen LogP contribution in [0, 0.1) is 11.8 Å². The van der Waals surface area contributed by atoms with E-state index in [4.69, 9.17) is 18.9 Å². The molecule has 0 aromatic heterocycles. The van der Waals surface area contributed by atoms with Crippen molar-refractivity contribution in [3.8, 4) is 11.1 Å². The lowest BCUT2D eigenvalue weighted by Crippen LogP contribution is -2.46. The highest BCUT2D eigenvalue weighted by Gasteiger charge is 2.59. The minimum Gasteiger partial charge on any atom is -0.456 e. The second-order valence-corrected chi connectivity index (χ2v) is 16.7. The van der Waals surface area contributed by atoms with Gasteiger partial charge in [0.1, 0.15) is 23.3 Å². The summed E-state index contributed by atoms with van der Waals surface area (Å²) in [5.41, 5.74) is 0.956. The molecular formula is C42H46N2O10.